The number of rotatable bonds is 7. The van der Waals surface area contributed by atoms with E-state index in [0.29, 0.717) is 0 Å². The normalized spacial score (nSPS) is 15.5. The van der Waals surface area contributed by atoms with E-state index in [4.69, 9.17) is 0 Å². The maximum Gasteiger partial charge on any atom is 0.354 e. The summed E-state index contributed by atoms with van der Waals surface area (Å²) in [6.45, 7) is 1.84. The number of hydrogen-bond donors (Lipinski definition) is 3. The summed E-state index contributed by atoms with van der Waals surface area (Å²) in [4.78, 5) is 21.1. The predicted octanol–water partition coefficient (Wildman–Crippen LogP) is 3.13. The molecule has 1 aromatic heterocycles. The maximum atomic E-state index is 12.4. The first-order chi connectivity index (χ1) is 13.9. The number of sulfonamides is 1. The lowest BCUT2D eigenvalue weighted by Crippen LogP contribution is -2.30. The molecule has 1 fully saturated rings. The molecule has 0 spiro atoms. The molecular weight excluding hydrogens is 396 g/mol. The van der Waals surface area contributed by atoms with Gasteiger partial charge in [-0.15, -0.1) is 4.83 Å². The number of anilines is 2. The van der Waals surface area contributed by atoms with Gasteiger partial charge in [0, 0.05) is 6.04 Å². The number of hydrazine groups is 1. The largest absolute Gasteiger partial charge is 0.361 e. The van der Waals surface area contributed by atoms with Crippen molar-refractivity contribution in [2.45, 2.75) is 56.4 Å². The van der Waals surface area contributed by atoms with Gasteiger partial charge >= 0.3 is 5.69 Å². The lowest BCUT2D eigenvalue weighted by atomic mass is 10.1. The molecule has 0 unspecified atom stereocenters. The minimum absolute atomic E-state index is 0.0316. The Morgan fingerprint density at radius 2 is 1.66 bits per heavy atom. The van der Waals surface area contributed by atoms with Crippen molar-refractivity contribution in [3.63, 3.8) is 0 Å². The van der Waals surface area contributed by atoms with Gasteiger partial charge in [0.05, 0.1) is 9.82 Å². The Bertz CT molecular complexity index is 957. The van der Waals surface area contributed by atoms with E-state index in [1.54, 1.807) is 12.1 Å². The van der Waals surface area contributed by atoms with Crippen LogP contribution in [0.1, 0.15) is 44.1 Å². The Morgan fingerprint density at radius 3 is 2.28 bits per heavy atom. The van der Waals surface area contributed by atoms with Crippen LogP contribution < -0.4 is 15.6 Å². The van der Waals surface area contributed by atoms with Gasteiger partial charge < -0.3 is 5.32 Å². The molecule has 1 aromatic carbocycles. The van der Waals surface area contributed by atoms with Crippen molar-refractivity contribution in [3.05, 3.63) is 46.3 Å². The molecule has 1 aliphatic carbocycles. The highest BCUT2D eigenvalue weighted by atomic mass is 32.2. The molecule has 1 saturated carbocycles. The molecular formula is C18H24N6O4S. The van der Waals surface area contributed by atoms with E-state index < -0.39 is 20.6 Å². The Kier molecular flexibility index (Phi) is 6.60. The van der Waals surface area contributed by atoms with Crippen molar-refractivity contribution in [3.8, 4) is 0 Å². The molecule has 3 rings (SSSR count). The maximum absolute atomic E-state index is 12.4. The fraction of sp³-hybridized carbons (Fsp3) is 0.444. The molecule has 0 atom stereocenters. The summed E-state index contributed by atoms with van der Waals surface area (Å²) in [7, 11) is -3.93. The molecule has 0 aliphatic heterocycles. The van der Waals surface area contributed by atoms with E-state index in [1.807, 2.05) is 6.92 Å². The number of aryl methyl sites for hydroxylation is 1. The lowest BCUT2D eigenvalue weighted by Gasteiger charge is -2.17. The molecule has 0 bridgehead atoms. The van der Waals surface area contributed by atoms with E-state index in [0.717, 1.165) is 50.4 Å². The van der Waals surface area contributed by atoms with Crippen molar-refractivity contribution in [1.29, 1.82) is 0 Å². The van der Waals surface area contributed by atoms with E-state index in [9.17, 15) is 18.5 Å². The SMILES string of the molecule is Cc1ccc(S(=O)(=O)NNc2ncnc(NC3CCCCCC3)c2[N+](=O)[O-])cc1. The third kappa shape index (κ3) is 5.39. The van der Waals surface area contributed by atoms with Crippen LogP contribution in [0.15, 0.2) is 35.5 Å². The standard InChI is InChI=1S/C18H24N6O4S/c1-13-8-10-15(11-9-13)29(27,28)23-22-18-16(24(25)26)17(19-12-20-18)21-14-6-4-2-3-5-7-14/h8-12,14,23H,2-7H2,1H3,(H2,19,20,21,22). The van der Waals surface area contributed by atoms with Gasteiger partial charge in [-0.05, 0) is 31.9 Å². The average molecular weight is 420 g/mol. The van der Waals surface area contributed by atoms with Crippen molar-refractivity contribution in [2.75, 3.05) is 10.7 Å². The van der Waals surface area contributed by atoms with Crippen molar-refractivity contribution in [1.82, 2.24) is 14.8 Å². The van der Waals surface area contributed by atoms with Crippen molar-refractivity contribution < 1.29 is 13.3 Å². The minimum atomic E-state index is -3.93. The molecule has 0 amide bonds. The van der Waals surface area contributed by atoms with Gasteiger partial charge in [0.1, 0.15) is 6.33 Å². The highest BCUT2D eigenvalue weighted by Crippen LogP contribution is 2.31. The van der Waals surface area contributed by atoms with Crippen LogP contribution in [0, 0.1) is 17.0 Å². The van der Waals surface area contributed by atoms with E-state index in [1.165, 1.54) is 12.1 Å². The van der Waals surface area contributed by atoms with E-state index >= 15 is 0 Å². The summed E-state index contributed by atoms with van der Waals surface area (Å²) in [5.74, 6) is -0.147. The summed E-state index contributed by atoms with van der Waals surface area (Å²) >= 11 is 0. The molecule has 1 aliphatic rings. The number of nitrogens with zero attached hydrogens (tertiary/aromatic N) is 3. The van der Waals surface area contributed by atoms with Crippen LogP contribution in [0.25, 0.3) is 0 Å². The van der Waals surface area contributed by atoms with E-state index in [-0.39, 0.29) is 22.6 Å². The van der Waals surface area contributed by atoms with Crippen LogP contribution in [-0.2, 0) is 10.0 Å². The van der Waals surface area contributed by atoms with E-state index in [2.05, 4.69) is 25.5 Å². The Hall–Kier alpha value is -2.79. The molecule has 2 aromatic rings. The Labute approximate surface area is 169 Å². The van der Waals surface area contributed by atoms with Gasteiger partial charge in [-0.3, -0.25) is 15.5 Å². The molecule has 10 nitrogen and oxygen atoms in total. The van der Waals surface area contributed by atoms with Crippen LogP contribution in [0.2, 0.25) is 0 Å². The summed E-state index contributed by atoms with van der Waals surface area (Å²) < 4.78 is 24.9. The van der Waals surface area contributed by atoms with Gasteiger partial charge in [0.2, 0.25) is 11.6 Å². The Morgan fingerprint density at radius 1 is 1.03 bits per heavy atom. The van der Waals surface area contributed by atoms with Crippen LogP contribution >= 0.6 is 0 Å². The smallest absolute Gasteiger partial charge is 0.354 e. The first-order valence-corrected chi connectivity index (χ1v) is 11.0. The monoisotopic (exact) mass is 420 g/mol. The quantitative estimate of drug-likeness (QED) is 0.353. The fourth-order valence-electron chi connectivity index (χ4n) is 3.26. The highest BCUT2D eigenvalue weighted by molar-refractivity contribution is 7.89. The number of nitrogens with one attached hydrogen (secondary N) is 3. The summed E-state index contributed by atoms with van der Waals surface area (Å²) in [5.41, 5.74) is 2.88. The second kappa shape index (κ2) is 9.14. The Balaban J connectivity index is 1.79. The first kappa shape index (κ1) is 20.9. The predicted molar refractivity (Wildman–Crippen MR) is 109 cm³/mol. The molecule has 1 heterocycles. The van der Waals surface area contributed by atoms with Crippen LogP contribution in [0.3, 0.4) is 0 Å². The third-order valence-corrected chi connectivity index (χ3v) is 6.10. The number of nitro groups is 1. The number of aromatic nitrogens is 2. The average Bonchev–Trinajstić information content (AvgIpc) is 2.95. The number of hydrogen-bond acceptors (Lipinski definition) is 8. The molecule has 29 heavy (non-hydrogen) atoms. The van der Waals surface area contributed by atoms with Gasteiger partial charge in [0.25, 0.3) is 10.0 Å². The van der Waals surface area contributed by atoms with Gasteiger partial charge in [-0.2, -0.15) is 0 Å². The van der Waals surface area contributed by atoms with Crippen LogP contribution in [-0.4, -0.2) is 29.4 Å². The van der Waals surface area contributed by atoms with Crippen LogP contribution in [0.5, 0.6) is 0 Å². The summed E-state index contributed by atoms with van der Waals surface area (Å²) in [6.07, 6.45) is 7.38. The topological polar surface area (TPSA) is 139 Å². The molecule has 0 saturated heterocycles. The molecule has 156 valence electrons. The molecule has 3 N–H and O–H groups in total. The molecule has 11 heteroatoms. The second-order valence-electron chi connectivity index (χ2n) is 7.05. The lowest BCUT2D eigenvalue weighted by molar-refractivity contribution is -0.383. The minimum Gasteiger partial charge on any atom is -0.361 e. The number of benzene rings is 1. The highest BCUT2D eigenvalue weighted by Gasteiger charge is 2.26. The summed E-state index contributed by atoms with van der Waals surface area (Å²) in [5, 5.41) is 14.8. The van der Waals surface area contributed by atoms with Gasteiger partial charge in [0.15, 0.2) is 0 Å². The first-order valence-electron chi connectivity index (χ1n) is 9.47. The van der Waals surface area contributed by atoms with Crippen molar-refractivity contribution in [2.24, 2.45) is 0 Å². The zero-order chi connectivity index (χ0) is 20.9. The third-order valence-electron chi connectivity index (χ3n) is 4.84. The second-order valence-corrected chi connectivity index (χ2v) is 8.74. The fourth-order valence-corrected chi connectivity index (χ4v) is 4.10. The van der Waals surface area contributed by atoms with Crippen molar-refractivity contribution >= 4 is 27.3 Å². The van der Waals surface area contributed by atoms with Gasteiger partial charge in [-0.25, -0.2) is 18.4 Å². The summed E-state index contributed by atoms with van der Waals surface area (Å²) in [6, 6.07) is 6.31. The zero-order valence-electron chi connectivity index (χ0n) is 16.1. The van der Waals surface area contributed by atoms with Gasteiger partial charge in [-0.1, -0.05) is 43.4 Å². The zero-order valence-corrected chi connectivity index (χ0v) is 16.9. The molecule has 0 radical (unpaired) electrons. The van der Waals surface area contributed by atoms with Crippen LogP contribution in [0.4, 0.5) is 17.3 Å².